The van der Waals surface area contributed by atoms with E-state index in [0.717, 1.165) is 32.1 Å². The van der Waals surface area contributed by atoms with Crippen molar-refractivity contribution in [2.24, 2.45) is 0 Å². The second kappa shape index (κ2) is 24.7. The van der Waals surface area contributed by atoms with Gasteiger partial charge in [-0.1, -0.05) is 97.6 Å². The lowest BCUT2D eigenvalue weighted by Crippen LogP contribution is -2.72. The normalized spacial score (nSPS) is 15.4. The molecule has 3 N–H and O–H groups in total. The topological polar surface area (TPSA) is 112 Å². The maximum absolute atomic E-state index is 12.6. The standard InChI is InChI=1S/C34H63NO6/c1-5-9-10-11-12-13-14-15-16-17-18-19-20-21-22-23-24-28-35(29(25-6-2)32(36)37,30(26-7-3)33(38)39)31(27-8-4)34(40)41/h14-15,29-31H,5-13,16-28H2,1-4H3,(H2-,36,37,38,39,40,41)/p+1/b15-14+. The van der Waals surface area contributed by atoms with Crippen molar-refractivity contribution >= 4 is 17.9 Å². The molecular weight excluding hydrogens is 518 g/mol. The van der Waals surface area contributed by atoms with Gasteiger partial charge < -0.3 is 15.3 Å². The van der Waals surface area contributed by atoms with Gasteiger partial charge in [0, 0.05) is 19.3 Å². The van der Waals surface area contributed by atoms with Gasteiger partial charge in [0.2, 0.25) is 0 Å². The Morgan fingerprint density at radius 2 is 0.805 bits per heavy atom. The minimum atomic E-state index is -1.08. The van der Waals surface area contributed by atoms with Crippen LogP contribution >= 0.6 is 0 Å². The molecule has 0 aromatic heterocycles. The number of nitrogens with zero attached hydrogens (tertiary/aromatic N) is 1. The van der Waals surface area contributed by atoms with Crippen LogP contribution in [0.3, 0.4) is 0 Å². The van der Waals surface area contributed by atoms with Crippen molar-refractivity contribution < 1.29 is 34.2 Å². The highest BCUT2D eigenvalue weighted by molar-refractivity contribution is 5.78. The second-order valence-corrected chi connectivity index (χ2v) is 11.9. The zero-order valence-corrected chi connectivity index (χ0v) is 27.0. The van der Waals surface area contributed by atoms with Gasteiger partial charge in [-0.15, -0.1) is 0 Å². The first-order valence-electron chi connectivity index (χ1n) is 16.9. The van der Waals surface area contributed by atoms with E-state index < -0.39 is 36.0 Å². The molecule has 0 saturated heterocycles. The van der Waals surface area contributed by atoms with E-state index in [0.29, 0.717) is 25.7 Å². The SMILES string of the molecule is CCCCCCC/C=C/CCCCCCCCCC[N+](C(CCC)C(=O)O)(C(CCC)C(=O)O)C(CCC)C(=O)O. The number of aliphatic carboxylic acids is 3. The molecule has 7 heteroatoms. The summed E-state index contributed by atoms with van der Waals surface area (Å²) in [5.74, 6) is -3.25. The highest BCUT2D eigenvalue weighted by Gasteiger charge is 2.56. The number of hydrogen-bond acceptors (Lipinski definition) is 3. The summed E-state index contributed by atoms with van der Waals surface area (Å²) in [6, 6.07) is -3.14. The molecule has 0 aliphatic heterocycles. The smallest absolute Gasteiger partial charge is 0.362 e. The number of carbonyl (C=O) groups is 3. The van der Waals surface area contributed by atoms with Crippen molar-refractivity contribution in [3.05, 3.63) is 12.2 Å². The van der Waals surface area contributed by atoms with Gasteiger partial charge in [-0.3, -0.25) is 4.48 Å². The van der Waals surface area contributed by atoms with Crippen molar-refractivity contribution in [3.63, 3.8) is 0 Å². The summed E-state index contributed by atoms with van der Waals surface area (Å²) in [5, 5.41) is 30.8. The van der Waals surface area contributed by atoms with Gasteiger partial charge in [-0.05, 0) is 57.8 Å². The predicted molar refractivity (Wildman–Crippen MR) is 168 cm³/mol. The molecule has 41 heavy (non-hydrogen) atoms. The first kappa shape index (κ1) is 39.1. The largest absolute Gasteiger partial charge is 0.477 e. The Bertz CT molecular complexity index is 662. The molecular formula is C34H64NO6+. The fraction of sp³-hybridized carbons (Fsp3) is 0.853. The third kappa shape index (κ3) is 15.2. The zero-order valence-electron chi connectivity index (χ0n) is 27.0. The maximum atomic E-state index is 12.6. The van der Waals surface area contributed by atoms with E-state index >= 15 is 0 Å². The molecule has 0 radical (unpaired) electrons. The highest BCUT2D eigenvalue weighted by Crippen LogP contribution is 2.34. The molecule has 0 saturated carbocycles. The van der Waals surface area contributed by atoms with E-state index in [2.05, 4.69) is 19.1 Å². The van der Waals surface area contributed by atoms with Gasteiger partial charge in [0.15, 0.2) is 18.1 Å². The Morgan fingerprint density at radius 1 is 0.488 bits per heavy atom. The molecule has 0 bridgehead atoms. The average molecular weight is 583 g/mol. The monoisotopic (exact) mass is 582 g/mol. The van der Waals surface area contributed by atoms with E-state index in [1.807, 2.05) is 20.8 Å². The molecule has 0 rings (SSSR count). The number of rotatable bonds is 29. The van der Waals surface area contributed by atoms with Crippen molar-refractivity contribution in [2.75, 3.05) is 6.54 Å². The van der Waals surface area contributed by atoms with E-state index in [9.17, 15) is 29.7 Å². The Morgan fingerprint density at radius 3 is 1.12 bits per heavy atom. The molecule has 0 amide bonds. The van der Waals surface area contributed by atoms with Gasteiger partial charge in [0.05, 0.1) is 6.54 Å². The molecule has 0 aromatic rings. The first-order valence-corrected chi connectivity index (χ1v) is 16.9. The summed E-state index contributed by atoms with van der Waals surface area (Å²) >= 11 is 0. The lowest BCUT2D eigenvalue weighted by molar-refractivity contribution is -0.973. The number of quaternary nitrogens is 1. The lowest BCUT2D eigenvalue weighted by Gasteiger charge is -2.50. The van der Waals surface area contributed by atoms with E-state index in [4.69, 9.17) is 0 Å². The summed E-state index contributed by atoms with van der Waals surface area (Å²) in [5.41, 5.74) is 0. The van der Waals surface area contributed by atoms with E-state index in [1.165, 1.54) is 57.8 Å². The van der Waals surface area contributed by atoms with Crippen LogP contribution in [0.1, 0.15) is 163 Å². The number of carboxylic acids is 3. The van der Waals surface area contributed by atoms with E-state index in [-0.39, 0.29) is 30.3 Å². The summed E-state index contributed by atoms with van der Waals surface area (Å²) in [7, 11) is 0. The highest BCUT2D eigenvalue weighted by atomic mass is 16.4. The Labute approximate surface area is 251 Å². The summed E-state index contributed by atoms with van der Waals surface area (Å²) in [6.45, 7) is 8.15. The Kier molecular flexibility index (Phi) is 23.5. The van der Waals surface area contributed by atoms with E-state index in [1.54, 1.807) is 0 Å². The predicted octanol–water partition coefficient (Wildman–Crippen LogP) is 8.99. The van der Waals surface area contributed by atoms with Crippen LogP contribution in [-0.4, -0.2) is 62.4 Å². The summed E-state index contributed by atoms with van der Waals surface area (Å²) < 4.78 is -0.373. The van der Waals surface area contributed by atoms with Crippen LogP contribution in [0.2, 0.25) is 0 Å². The van der Waals surface area contributed by atoms with Crippen LogP contribution in [0.25, 0.3) is 0 Å². The van der Waals surface area contributed by atoms with Crippen molar-refractivity contribution in [2.45, 2.75) is 181 Å². The number of allylic oxidation sites excluding steroid dienone is 2. The van der Waals surface area contributed by atoms with Crippen LogP contribution in [0.15, 0.2) is 12.2 Å². The first-order chi connectivity index (χ1) is 19.7. The Hall–Kier alpha value is -1.89. The molecule has 0 heterocycles. The molecule has 3 unspecified atom stereocenters. The third-order valence-corrected chi connectivity index (χ3v) is 8.59. The quantitative estimate of drug-likeness (QED) is 0.0461. The van der Waals surface area contributed by atoms with Crippen LogP contribution < -0.4 is 0 Å². The second-order valence-electron chi connectivity index (χ2n) is 11.9. The van der Waals surface area contributed by atoms with Crippen LogP contribution in [-0.2, 0) is 14.4 Å². The molecule has 0 fully saturated rings. The molecule has 0 aliphatic carbocycles. The van der Waals surface area contributed by atoms with Gasteiger partial charge in [0.1, 0.15) is 0 Å². The van der Waals surface area contributed by atoms with Crippen LogP contribution in [0, 0.1) is 0 Å². The molecule has 0 aromatic carbocycles. The number of unbranched alkanes of at least 4 members (excludes halogenated alkanes) is 13. The van der Waals surface area contributed by atoms with Gasteiger partial charge >= 0.3 is 17.9 Å². The maximum Gasteiger partial charge on any atom is 0.362 e. The summed E-state index contributed by atoms with van der Waals surface area (Å²) in [4.78, 5) is 37.7. The van der Waals surface area contributed by atoms with Crippen molar-refractivity contribution in [1.29, 1.82) is 0 Å². The zero-order chi connectivity index (χ0) is 30.9. The number of hydrogen-bond donors (Lipinski definition) is 3. The van der Waals surface area contributed by atoms with Gasteiger partial charge in [-0.25, -0.2) is 14.4 Å². The Balaban J connectivity index is 5.02. The molecule has 0 spiro atoms. The molecule has 240 valence electrons. The molecule has 3 atom stereocenters. The van der Waals surface area contributed by atoms with Crippen LogP contribution in [0.4, 0.5) is 0 Å². The molecule has 0 aliphatic rings. The number of carboxylic acid groups (broad SMARTS) is 3. The minimum absolute atomic E-state index is 0.268. The lowest BCUT2D eigenvalue weighted by atomic mass is 9.91. The van der Waals surface area contributed by atoms with Crippen molar-refractivity contribution in [3.8, 4) is 0 Å². The molecule has 7 nitrogen and oxygen atoms in total. The van der Waals surface area contributed by atoms with Crippen molar-refractivity contribution in [1.82, 2.24) is 0 Å². The average Bonchev–Trinajstić information content (AvgIpc) is 2.93. The van der Waals surface area contributed by atoms with Crippen LogP contribution in [0.5, 0.6) is 0 Å². The van der Waals surface area contributed by atoms with Gasteiger partial charge in [-0.2, -0.15) is 0 Å². The fourth-order valence-electron chi connectivity index (χ4n) is 6.46. The van der Waals surface area contributed by atoms with Gasteiger partial charge in [0.25, 0.3) is 0 Å². The fourth-order valence-corrected chi connectivity index (χ4v) is 6.46. The minimum Gasteiger partial charge on any atom is -0.477 e. The third-order valence-electron chi connectivity index (χ3n) is 8.59. The summed E-state index contributed by atoms with van der Waals surface area (Å²) in [6.07, 6.45) is 24.6.